The molecule has 1 aliphatic rings. The van der Waals surface area contributed by atoms with Crippen molar-refractivity contribution in [2.75, 3.05) is 17.3 Å². The van der Waals surface area contributed by atoms with Crippen LogP contribution in [0.15, 0.2) is 12.1 Å². The molecule has 1 aliphatic carbocycles. The monoisotopic (exact) mass is 272 g/mol. The number of hydrogen-bond donors (Lipinski definition) is 2. The van der Waals surface area contributed by atoms with Gasteiger partial charge in [-0.1, -0.05) is 12.8 Å². The second kappa shape index (κ2) is 5.78. The van der Waals surface area contributed by atoms with Gasteiger partial charge in [-0.05, 0) is 25.2 Å². The lowest BCUT2D eigenvalue weighted by Gasteiger charge is -2.32. The number of hydrogen-bond acceptors (Lipinski definition) is 3. The lowest BCUT2D eigenvalue weighted by atomic mass is 9.94. The molecule has 100 valence electrons. The van der Waals surface area contributed by atoms with Crippen molar-refractivity contribution in [3.8, 4) is 0 Å². The van der Waals surface area contributed by atoms with Crippen LogP contribution in [0.25, 0.3) is 0 Å². The molecule has 2 atom stereocenters. The number of benzene rings is 1. The average molecular weight is 272 g/mol. The van der Waals surface area contributed by atoms with Crippen LogP contribution >= 0.6 is 11.8 Å². The molecule has 0 radical (unpaired) electrons. The molecular weight excluding hydrogens is 254 g/mol. The number of anilines is 2. The van der Waals surface area contributed by atoms with Crippen LogP contribution in [-0.2, 0) is 0 Å². The summed E-state index contributed by atoms with van der Waals surface area (Å²) in [5.41, 5.74) is 6.02. The van der Waals surface area contributed by atoms with Crippen molar-refractivity contribution in [3.63, 3.8) is 0 Å². The highest BCUT2D eigenvalue weighted by molar-refractivity contribution is 7.99. The Morgan fingerprint density at radius 3 is 2.72 bits per heavy atom. The van der Waals surface area contributed by atoms with E-state index in [9.17, 15) is 8.78 Å². The highest BCUT2D eigenvalue weighted by Gasteiger charge is 2.25. The minimum atomic E-state index is -0.700. The van der Waals surface area contributed by atoms with Gasteiger partial charge in [-0.15, -0.1) is 0 Å². The first-order valence-corrected chi connectivity index (χ1v) is 7.44. The third kappa shape index (κ3) is 2.88. The molecule has 0 spiro atoms. The molecule has 3 N–H and O–H groups in total. The second-order valence-electron chi connectivity index (χ2n) is 4.66. The summed E-state index contributed by atoms with van der Waals surface area (Å²) in [6.45, 7) is 0. The van der Waals surface area contributed by atoms with Crippen molar-refractivity contribution >= 4 is 23.1 Å². The van der Waals surface area contributed by atoms with Crippen molar-refractivity contribution < 1.29 is 8.78 Å². The van der Waals surface area contributed by atoms with Crippen LogP contribution in [0.1, 0.15) is 25.7 Å². The number of nitrogens with two attached hydrogens (primary N) is 1. The number of rotatable bonds is 3. The first-order valence-electron chi connectivity index (χ1n) is 6.15. The van der Waals surface area contributed by atoms with Crippen LogP contribution in [0.5, 0.6) is 0 Å². The van der Waals surface area contributed by atoms with Crippen LogP contribution in [0.4, 0.5) is 20.2 Å². The molecule has 0 aromatic heterocycles. The molecule has 2 unspecified atom stereocenters. The van der Waals surface area contributed by atoms with Gasteiger partial charge >= 0.3 is 0 Å². The fraction of sp³-hybridized carbons (Fsp3) is 0.538. The predicted molar refractivity (Wildman–Crippen MR) is 74.0 cm³/mol. The Morgan fingerprint density at radius 2 is 2.00 bits per heavy atom. The Kier molecular flexibility index (Phi) is 4.32. The van der Waals surface area contributed by atoms with E-state index in [1.54, 1.807) is 11.8 Å². The van der Waals surface area contributed by atoms with E-state index in [2.05, 4.69) is 11.6 Å². The highest BCUT2D eigenvalue weighted by Crippen LogP contribution is 2.32. The molecular formula is C13H18F2N2S. The molecule has 2 nitrogen and oxygen atoms in total. The van der Waals surface area contributed by atoms with E-state index >= 15 is 0 Å². The molecule has 1 aromatic rings. The molecule has 5 heteroatoms. The lowest BCUT2D eigenvalue weighted by molar-refractivity contribution is 0.474. The number of nitrogens with one attached hydrogen (secondary N) is 1. The maximum Gasteiger partial charge on any atom is 0.151 e. The van der Waals surface area contributed by atoms with E-state index in [0.29, 0.717) is 10.9 Å². The van der Waals surface area contributed by atoms with Gasteiger partial charge in [-0.2, -0.15) is 11.8 Å². The van der Waals surface area contributed by atoms with E-state index in [4.69, 9.17) is 5.73 Å². The summed E-state index contributed by atoms with van der Waals surface area (Å²) in [5.74, 6) is -1.30. The van der Waals surface area contributed by atoms with Gasteiger partial charge in [-0.3, -0.25) is 0 Å². The average Bonchev–Trinajstić information content (AvgIpc) is 2.36. The van der Waals surface area contributed by atoms with Gasteiger partial charge in [0.15, 0.2) is 5.82 Å². The summed E-state index contributed by atoms with van der Waals surface area (Å²) < 4.78 is 26.6. The van der Waals surface area contributed by atoms with Crippen molar-refractivity contribution in [1.82, 2.24) is 0 Å². The molecule has 0 aliphatic heterocycles. The summed E-state index contributed by atoms with van der Waals surface area (Å²) >= 11 is 1.80. The summed E-state index contributed by atoms with van der Waals surface area (Å²) in [4.78, 5) is 0. The van der Waals surface area contributed by atoms with Gasteiger partial charge < -0.3 is 11.1 Å². The SMILES string of the molecule is CSC1CCCCC1Nc1cc(F)cc(F)c1N. The van der Waals surface area contributed by atoms with Crippen LogP contribution in [0.2, 0.25) is 0 Å². The summed E-state index contributed by atoms with van der Waals surface area (Å²) in [5, 5.41) is 3.68. The standard InChI is InChI=1S/C13H18F2N2S/c1-18-12-5-3-2-4-10(12)17-11-7-8(14)6-9(15)13(11)16/h6-7,10,12,17H,2-5,16H2,1H3. The fourth-order valence-electron chi connectivity index (χ4n) is 2.45. The Morgan fingerprint density at radius 1 is 1.28 bits per heavy atom. The minimum absolute atomic E-state index is 0.00169. The van der Waals surface area contributed by atoms with Crippen LogP contribution in [0.3, 0.4) is 0 Å². The predicted octanol–water partition coefficient (Wildman–Crippen LogP) is 3.63. The Hall–Kier alpha value is -0.970. The molecule has 0 heterocycles. The van der Waals surface area contributed by atoms with E-state index in [1.165, 1.54) is 12.5 Å². The van der Waals surface area contributed by atoms with E-state index in [1.807, 2.05) is 0 Å². The second-order valence-corrected chi connectivity index (χ2v) is 5.74. The van der Waals surface area contributed by atoms with Crippen LogP contribution in [-0.4, -0.2) is 17.5 Å². The van der Waals surface area contributed by atoms with Gasteiger partial charge in [0.2, 0.25) is 0 Å². The number of halogens is 2. The molecule has 0 saturated heterocycles. The maximum absolute atomic E-state index is 13.4. The van der Waals surface area contributed by atoms with E-state index in [0.717, 1.165) is 25.3 Å². The normalized spacial score (nSPS) is 23.9. The van der Waals surface area contributed by atoms with Gasteiger partial charge in [-0.25, -0.2) is 8.78 Å². The molecule has 1 saturated carbocycles. The Labute approximate surface area is 110 Å². The van der Waals surface area contributed by atoms with E-state index < -0.39 is 11.6 Å². The zero-order valence-electron chi connectivity index (χ0n) is 10.4. The van der Waals surface area contributed by atoms with Crippen molar-refractivity contribution in [1.29, 1.82) is 0 Å². The summed E-state index contributed by atoms with van der Waals surface area (Å²) in [6.07, 6.45) is 6.59. The van der Waals surface area contributed by atoms with Crippen molar-refractivity contribution in [3.05, 3.63) is 23.8 Å². The van der Waals surface area contributed by atoms with Crippen LogP contribution < -0.4 is 11.1 Å². The molecule has 0 amide bonds. The molecule has 0 bridgehead atoms. The van der Waals surface area contributed by atoms with Gasteiger partial charge in [0.05, 0.1) is 11.4 Å². The van der Waals surface area contributed by atoms with E-state index in [-0.39, 0.29) is 11.7 Å². The zero-order chi connectivity index (χ0) is 13.1. The van der Waals surface area contributed by atoms with Gasteiger partial charge in [0.1, 0.15) is 5.82 Å². The highest BCUT2D eigenvalue weighted by atomic mass is 32.2. The van der Waals surface area contributed by atoms with Gasteiger partial charge in [0, 0.05) is 17.4 Å². The van der Waals surface area contributed by atoms with Crippen molar-refractivity contribution in [2.24, 2.45) is 0 Å². The first-order chi connectivity index (χ1) is 8.61. The summed E-state index contributed by atoms with van der Waals surface area (Å²) in [7, 11) is 0. The largest absolute Gasteiger partial charge is 0.395 e. The molecule has 2 rings (SSSR count). The fourth-order valence-corrected chi connectivity index (χ4v) is 3.38. The lowest BCUT2D eigenvalue weighted by Crippen LogP contribution is -2.34. The van der Waals surface area contributed by atoms with Crippen LogP contribution in [0, 0.1) is 11.6 Å². The quantitative estimate of drug-likeness (QED) is 0.825. The smallest absolute Gasteiger partial charge is 0.151 e. The zero-order valence-corrected chi connectivity index (χ0v) is 11.2. The molecule has 1 fully saturated rings. The minimum Gasteiger partial charge on any atom is -0.395 e. The third-order valence-electron chi connectivity index (χ3n) is 3.44. The Balaban J connectivity index is 2.17. The Bertz CT molecular complexity index is 426. The number of thioether (sulfide) groups is 1. The van der Waals surface area contributed by atoms with Gasteiger partial charge in [0.25, 0.3) is 0 Å². The third-order valence-corrected chi connectivity index (χ3v) is 4.61. The molecule has 18 heavy (non-hydrogen) atoms. The first kappa shape index (κ1) is 13.5. The number of nitrogen functional groups attached to an aromatic ring is 1. The topological polar surface area (TPSA) is 38.0 Å². The summed E-state index contributed by atoms with van der Waals surface area (Å²) in [6, 6.07) is 2.31. The molecule has 1 aromatic carbocycles. The maximum atomic E-state index is 13.4. The van der Waals surface area contributed by atoms with Crippen molar-refractivity contribution in [2.45, 2.75) is 37.0 Å².